The summed E-state index contributed by atoms with van der Waals surface area (Å²) in [6.07, 6.45) is 13.9. The Morgan fingerprint density at radius 3 is 2.67 bits per heavy atom. The van der Waals surface area contributed by atoms with Crippen LogP contribution in [-0.2, 0) is 0 Å². The van der Waals surface area contributed by atoms with Gasteiger partial charge in [-0.1, -0.05) is 61.1 Å². The molecule has 0 radical (unpaired) electrons. The summed E-state index contributed by atoms with van der Waals surface area (Å²) < 4.78 is 0. The lowest BCUT2D eigenvalue weighted by atomic mass is 9.73. The van der Waals surface area contributed by atoms with Crippen LogP contribution in [-0.4, -0.2) is 11.2 Å². The van der Waals surface area contributed by atoms with Gasteiger partial charge < -0.3 is 5.11 Å². The van der Waals surface area contributed by atoms with Gasteiger partial charge in [0.15, 0.2) is 0 Å². The molecule has 1 aliphatic rings. The first-order chi connectivity index (χ1) is 10.2. The van der Waals surface area contributed by atoms with Crippen molar-refractivity contribution in [3.05, 3.63) is 66.8 Å². The smallest absolute Gasteiger partial charge is 0.0512 e. The number of allylic oxidation sites excluding steroid dienone is 5. The average molecular weight is 282 g/mol. The average Bonchev–Trinajstić information content (AvgIpc) is 2.49. The fourth-order valence-corrected chi connectivity index (χ4v) is 3.04. The van der Waals surface area contributed by atoms with E-state index >= 15 is 0 Å². The lowest BCUT2D eigenvalue weighted by molar-refractivity contribution is 0.174. The largest absolute Gasteiger partial charge is 0.393 e. The first-order valence-corrected chi connectivity index (χ1v) is 7.89. The number of aliphatic hydroxyl groups is 1. The molecule has 1 aliphatic carbocycles. The second kappa shape index (κ2) is 7.42. The van der Waals surface area contributed by atoms with Crippen LogP contribution in [0.15, 0.2) is 61.2 Å². The molecular weight excluding hydrogens is 256 g/mol. The van der Waals surface area contributed by atoms with Crippen LogP contribution in [0.4, 0.5) is 0 Å². The van der Waals surface area contributed by atoms with E-state index in [1.54, 1.807) is 0 Å². The number of hydrogen-bond donors (Lipinski definition) is 1. The fraction of sp³-hybridized carbons (Fsp3) is 0.400. The quantitative estimate of drug-likeness (QED) is 0.686. The maximum absolute atomic E-state index is 9.44. The summed E-state index contributed by atoms with van der Waals surface area (Å²) >= 11 is 0. The molecule has 1 heteroatoms. The summed E-state index contributed by atoms with van der Waals surface area (Å²) in [5.74, 6) is 0. The van der Waals surface area contributed by atoms with E-state index in [-0.39, 0.29) is 11.5 Å². The van der Waals surface area contributed by atoms with Gasteiger partial charge in [-0.15, -0.1) is 6.58 Å². The molecule has 2 atom stereocenters. The van der Waals surface area contributed by atoms with Crippen LogP contribution in [0, 0.1) is 5.41 Å². The van der Waals surface area contributed by atoms with Gasteiger partial charge in [0.1, 0.15) is 0 Å². The molecule has 1 nitrogen and oxygen atoms in total. The topological polar surface area (TPSA) is 20.2 Å². The summed E-state index contributed by atoms with van der Waals surface area (Å²) in [6.45, 7) is 5.78. The van der Waals surface area contributed by atoms with Crippen LogP contribution >= 0.6 is 0 Å². The Morgan fingerprint density at radius 2 is 2.10 bits per heavy atom. The zero-order chi connectivity index (χ0) is 15.1. The first-order valence-electron chi connectivity index (χ1n) is 7.89. The second-order valence-corrected chi connectivity index (χ2v) is 6.16. The van der Waals surface area contributed by atoms with Crippen LogP contribution in [0.1, 0.15) is 44.6 Å². The summed E-state index contributed by atoms with van der Waals surface area (Å²) in [6, 6.07) is 10.5. The van der Waals surface area contributed by atoms with Crippen LogP contribution in [0.2, 0.25) is 0 Å². The van der Waals surface area contributed by atoms with Gasteiger partial charge in [-0.25, -0.2) is 0 Å². The van der Waals surface area contributed by atoms with E-state index in [1.807, 2.05) is 13.0 Å². The predicted octanol–water partition coefficient (Wildman–Crippen LogP) is 5.14. The molecule has 1 aromatic rings. The number of aliphatic hydroxyl groups excluding tert-OH is 1. The molecule has 0 spiro atoms. The summed E-state index contributed by atoms with van der Waals surface area (Å²) in [5.41, 5.74) is 2.78. The van der Waals surface area contributed by atoms with Gasteiger partial charge in [-0.2, -0.15) is 0 Å². The molecule has 21 heavy (non-hydrogen) atoms. The zero-order valence-corrected chi connectivity index (χ0v) is 13.0. The monoisotopic (exact) mass is 282 g/mol. The molecule has 0 aromatic heterocycles. The van der Waals surface area contributed by atoms with Gasteiger partial charge in [0, 0.05) is 0 Å². The first kappa shape index (κ1) is 15.8. The number of hydrogen-bond acceptors (Lipinski definition) is 1. The minimum absolute atomic E-state index is 0.189. The summed E-state index contributed by atoms with van der Waals surface area (Å²) in [7, 11) is 0. The van der Waals surface area contributed by atoms with Crippen molar-refractivity contribution in [2.45, 2.75) is 45.1 Å². The van der Waals surface area contributed by atoms with Crippen molar-refractivity contribution < 1.29 is 5.11 Å². The van der Waals surface area contributed by atoms with E-state index in [2.05, 4.69) is 55.1 Å². The highest BCUT2D eigenvalue weighted by Gasteiger charge is 2.26. The minimum atomic E-state index is -0.200. The Labute approximate surface area is 128 Å². The van der Waals surface area contributed by atoms with Gasteiger partial charge >= 0.3 is 0 Å². The normalized spacial score (nSPS) is 22.7. The van der Waals surface area contributed by atoms with E-state index in [4.69, 9.17) is 0 Å². The highest BCUT2D eigenvalue weighted by atomic mass is 16.3. The Kier molecular flexibility index (Phi) is 5.58. The highest BCUT2D eigenvalue weighted by molar-refractivity contribution is 5.75. The van der Waals surface area contributed by atoms with E-state index < -0.39 is 0 Å². The third-order valence-electron chi connectivity index (χ3n) is 4.30. The molecule has 2 unspecified atom stereocenters. The minimum Gasteiger partial charge on any atom is -0.393 e. The van der Waals surface area contributed by atoms with Crippen LogP contribution in [0.3, 0.4) is 0 Å². The molecular formula is C20H26O. The zero-order valence-electron chi connectivity index (χ0n) is 13.0. The number of rotatable bonds is 7. The third kappa shape index (κ3) is 4.44. The standard InChI is InChI=1S/C20H26O/c1-3-13-20(14-7-8-17(2)21)15-11-19(12-16-20)18-9-5-4-6-10-18/h3-6,9-12,15,17,21H,1,7-8,13-14,16H2,2H3. The predicted molar refractivity (Wildman–Crippen MR) is 91.0 cm³/mol. The van der Waals surface area contributed by atoms with Gasteiger partial charge in [0.25, 0.3) is 0 Å². The second-order valence-electron chi connectivity index (χ2n) is 6.16. The van der Waals surface area contributed by atoms with Crippen LogP contribution in [0.25, 0.3) is 5.57 Å². The molecule has 0 saturated heterocycles. The van der Waals surface area contributed by atoms with Crippen molar-refractivity contribution >= 4 is 5.57 Å². The molecule has 2 rings (SSSR count). The maximum atomic E-state index is 9.44. The SMILES string of the molecule is C=CCC1(CCCC(C)O)C=CC(c2ccccc2)=CC1. The van der Waals surface area contributed by atoms with E-state index in [1.165, 1.54) is 11.1 Å². The van der Waals surface area contributed by atoms with E-state index in [0.717, 1.165) is 32.1 Å². The maximum Gasteiger partial charge on any atom is 0.0512 e. The molecule has 0 saturated carbocycles. The molecule has 0 bridgehead atoms. The Bertz CT molecular complexity index is 510. The van der Waals surface area contributed by atoms with Gasteiger partial charge in [-0.3, -0.25) is 0 Å². The molecule has 1 N–H and O–H groups in total. The van der Waals surface area contributed by atoms with Crippen LogP contribution in [0.5, 0.6) is 0 Å². The Balaban J connectivity index is 2.05. The Hall–Kier alpha value is -1.60. The lowest BCUT2D eigenvalue weighted by Gasteiger charge is -2.32. The van der Waals surface area contributed by atoms with Crippen molar-refractivity contribution in [2.75, 3.05) is 0 Å². The van der Waals surface area contributed by atoms with Crippen molar-refractivity contribution in [3.63, 3.8) is 0 Å². The van der Waals surface area contributed by atoms with Gasteiger partial charge in [0.2, 0.25) is 0 Å². The highest BCUT2D eigenvalue weighted by Crippen LogP contribution is 2.40. The molecule has 0 aliphatic heterocycles. The van der Waals surface area contributed by atoms with Gasteiger partial charge in [-0.05, 0) is 49.2 Å². The third-order valence-corrected chi connectivity index (χ3v) is 4.30. The van der Waals surface area contributed by atoms with E-state index in [0.29, 0.717) is 0 Å². The summed E-state index contributed by atoms with van der Waals surface area (Å²) in [4.78, 5) is 0. The summed E-state index contributed by atoms with van der Waals surface area (Å²) in [5, 5.41) is 9.44. The lowest BCUT2D eigenvalue weighted by Crippen LogP contribution is -2.19. The van der Waals surface area contributed by atoms with Crippen molar-refractivity contribution in [1.29, 1.82) is 0 Å². The van der Waals surface area contributed by atoms with Gasteiger partial charge in [0.05, 0.1) is 6.10 Å². The van der Waals surface area contributed by atoms with Crippen LogP contribution < -0.4 is 0 Å². The molecule has 0 fully saturated rings. The number of benzene rings is 1. The van der Waals surface area contributed by atoms with E-state index in [9.17, 15) is 5.11 Å². The Morgan fingerprint density at radius 1 is 1.33 bits per heavy atom. The molecule has 0 amide bonds. The van der Waals surface area contributed by atoms with Crippen molar-refractivity contribution in [2.24, 2.45) is 5.41 Å². The fourth-order valence-electron chi connectivity index (χ4n) is 3.04. The molecule has 112 valence electrons. The molecule has 0 heterocycles. The van der Waals surface area contributed by atoms with Crippen molar-refractivity contribution in [1.82, 2.24) is 0 Å². The van der Waals surface area contributed by atoms with Crippen molar-refractivity contribution in [3.8, 4) is 0 Å². The molecule has 1 aromatic carbocycles.